The summed E-state index contributed by atoms with van der Waals surface area (Å²) in [6.07, 6.45) is 9.29. The number of imidazole rings is 1. The van der Waals surface area contributed by atoms with Crippen LogP contribution in [0.2, 0.25) is 0 Å². The summed E-state index contributed by atoms with van der Waals surface area (Å²) in [6.45, 7) is 0. The van der Waals surface area contributed by atoms with Crippen LogP contribution in [0.4, 0.5) is 5.69 Å². The average molecular weight is 249 g/mol. The summed E-state index contributed by atoms with van der Waals surface area (Å²) in [5.74, 6) is 0. The van der Waals surface area contributed by atoms with E-state index in [0.717, 1.165) is 28.9 Å². The number of nitrogens with two attached hydrogens (primary N) is 1. The second kappa shape index (κ2) is 3.85. The summed E-state index contributed by atoms with van der Waals surface area (Å²) in [4.78, 5) is 4.33. The van der Waals surface area contributed by atoms with Gasteiger partial charge in [0.1, 0.15) is 5.65 Å². The average Bonchev–Trinajstić information content (AvgIpc) is 3.07. The molecule has 0 saturated heterocycles. The van der Waals surface area contributed by atoms with Gasteiger partial charge >= 0.3 is 0 Å². The van der Waals surface area contributed by atoms with Crippen LogP contribution < -0.4 is 5.73 Å². The lowest BCUT2D eigenvalue weighted by Crippen LogP contribution is -1.97. The minimum absolute atomic E-state index is 0.950. The smallest absolute Gasteiger partial charge is 0.137 e. The Morgan fingerprint density at radius 1 is 1.11 bits per heavy atom. The topological polar surface area (TPSA) is 43.3 Å². The third-order valence-corrected chi connectivity index (χ3v) is 4.04. The summed E-state index contributed by atoms with van der Waals surface area (Å²) >= 11 is 0. The fourth-order valence-electron chi connectivity index (χ4n) is 3.02. The lowest BCUT2D eigenvalue weighted by Gasteiger charge is -2.11. The van der Waals surface area contributed by atoms with Gasteiger partial charge in [-0.05, 0) is 48.1 Å². The number of aryl methyl sites for hydroxylation is 1. The molecule has 19 heavy (non-hydrogen) atoms. The highest BCUT2D eigenvalue weighted by molar-refractivity contribution is 5.81. The first-order valence-corrected chi connectivity index (χ1v) is 6.66. The van der Waals surface area contributed by atoms with Crippen LogP contribution in [0.25, 0.3) is 16.8 Å². The second-order valence-electron chi connectivity index (χ2n) is 5.13. The molecule has 1 aliphatic carbocycles. The van der Waals surface area contributed by atoms with E-state index >= 15 is 0 Å². The Labute approximate surface area is 111 Å². The third kappa shape index (κ3) is 1.55. The summed E-state index contributed by atoms with van der Waals surface area (Å²) in [6, 6.07) is 8.56. The van der Waals surface area contributed by atoms with E-state index in [1.165, 1.54) is 24.0 Å². The van der Waals surface area contributed by atoms with Crippen LogP contribution in [0.5, 0.6) is 0 Å². The minimum atomic E-state index is 0.950. The molecule has 2 N–H and O–H groups in total. The number of fused-ring (bicyclic) bond motifs is 2. The molecule has 0 aliphatic heterocycles. The molecule has 0 bridgehead atoms. The van der Waals surface area contributed by atoms with Crippen LogP contribution in [0.3, 0.4) is 0 Å². The summed E-state index contributed by atoms with van der Waals surface area (Å²) in [5, 5.41) is 0. The molecule has 3 heteroatoms. The maximum absolute atomic E-state index is 6.36. The molecule has 0 unspecified atom stereocenters. The molecule has 0 fully saturated rings. The van der Waals surface area contributed by atoms with Crippen molar-refractivity contribution in [2.24, 2.45) is 0 Å². The molecule has 4 rings (SSSR count). The molecular formula is C16H15N3. The van der Waals surface area contributed by atoms with Crippen molar-refractivity contribution < 1.29 is 0 Å². The molecule has 0 amide bonds. The largest absolute Gasteiger partial charge is 0.398 e. The van der Waals surface area contributed by atoms with E-state index in [-0.39, 0.29) is 0 Å². The van der Waals surface area contributed by atoms with Gasteiger partial charge in [0.15, 0.2) is 0 Å². The molecule has 2 aromatic heterocycles. The van der Waals surface area contributed by atoms with E-state index in [2.05, 4.69) is 29.2 Å². The lowest BCUT2D eigenvalue weighted by atomic mass is 9.98. The van der Waals surface area contributed by atoms with Crippen LogP contribution in [-0.4, -0.2) is 9.38 Å². The predicted molar refractivity (Wildman–Crippen MR) is 77.1 cm³/mol. The molecule has 1 aromatic carbocycles. The van der Waals surface area contributed by atoms with Gasteiger partial charge < -0.3 is 10.1 Å². The normalized spacial score (nSPS) is 13.9. The third-order valence-electron chi connectivity index (χ3n) is 4.04. The van der Waals surface area contributed by atoms with Gasteiger partial charge in [-0.2, -0.15) is 0 Å². The van der Waals surface area contributed by atoms with Crippen LogP contribution in [0.1, 0.15) is 17.5 Å². The zero-order valence-electron chi connectivity index (χ0n) is 10.6. The van der Waals surface area contributed by atoms with E-state index in [4.69, 9.17) is 5.73 Å². The summed E-state index contributed by atoms with van der Waals surface area (Å²) in [7, 11) is 0. The number of hydrogen-bond donors (Lipinski definition) is 1. The fourth-order valence-corrected chi connectivity index (χ4v) is 3.02. The van der Waals surface area contributed by atoms with E-state index in [1.807, 2.05) is 23.0 Å². The zero-order chi connectivity index (χ0) is 12.8. The number of hydrogen-bond acceptors (Lipinski definition) is 2. The molecular weight excluding hydrogens is 234 g/mol. The first kappa shape index (κ1) is 10.6. The molecule has 94 valence electrons. The number of pyridine rings is 1. The van der Waals surface area contributed by atoms with Crippen molar-refractivity contribution >= 4 is 11.3 Å². The van der Waals surface area contributed by atoms with Gasteiger partial charge in [-0.1, -0.05) is 12.1 Å². The second-order valence-corrected chi connectivity index (χ2v) is 5.13. The van der Waals surface area contributed by atoms with E-state index in [9.17, 15) is 0 Å². The van der Waals surface area contributed by atoms with Crippen molar-refractivity contribution in [2.45, 2.75) is 19.3 Å². The quantitative estimate of drug-likeness (QED) is 0.673. The first-order chi connectivity index (χ1) is 9.33. The molecule has 0 atom stereocenters. The minimum Gasteiger partial charge on any atom is -0.398 e. The number of anilines is 1. The zero-order valence-corrected chi connectivity index (χ0v) is 10.6. The maximum Gasteiger partial charge on any atom is 0.137 e. The number of rotatable bonds is 1. The predicted octanol–water partition coefficient (Wildman–Crippen LogP) is 3.07. The Morgan fingerprint density at radius 3 is 3.00 bits per heavy atom. The van der Waals surface area contributed by atoms with Crippen molar-refractivity contribution in [1.82, 2.24) is 9.38 Å². The van der Waals surface area contributed by atoms with Crippen molar-refractivity contribution in [3.63, 3.8) is 0 Å². The Bertz CT molecular complexity index is 771. The van der Waals surface area contributed by atoms with Gasteiger partial charge in [-0.25, -0.2) is 4.98 Å². The van der Waals surface area contributed by atoms with Gasteiger partial charge in [0.2, 0.25) is 0 Å². The Kier molecular flexibility index (Phi) is 2.15. The number of nitrogens with zero attached hydrogens (tertiary/aromatic N) is 2. The highest BCUT2D eigenvalue weighted by Crippen LogP contribution is 2.35. The highest BCUT2D eigenvalue weighted by atomic mass is 15.0. The molecule has 0 spiro atoms. The molecule has 0 saturated carbocycles. The maximum atomic E-state index is 6.36. The number of aromatic nitrogens is 2. The fraction of sp³-hybridized carbons (Fsp3) is 0.188. The van der Waals surface area contributed by atoms with Crippen molar-refractivity contribution in [3.05, 3.63) is 54.0 Å². The van der Waals surface area contributed by atoms with E-state index in [0.29, 0.717) is 0 Å². The SMILES string of the molecule is Nc1c(-c2ccn3ccnc3c2)ccc2c1CCC2. The number of benzene rings is 1. The molecule has 2 heterocycles. The van der Waals surface area contributed by atoms with Gasteiger partial charge in [-0.3, -0.25) is 0 Å². The Hall–Kier alpha value is -2.29. The van der Waals surface area contributed by atoms with Crippen LogP contribution in [0.15, 0.2) is 42.9 Å². The van der Waals surface area contributed by atoms with Crippen molar-refractivity contribution in [1.29, 1.82) is 0 Å². The first-order valence-electron chi connectivity index (χ1n) is 6.66. The molecule has 3 aromatic rings. The van der Waals surface area contributed by atoms with Gasteiger partial charge in [-0.15, -0.1) is 0 Å². The van der Waals surface area contributed by atoms with Crippen LogP contribution >= 0.6 is 0 Å². The van der Waals surface area contributed by atoms with Gasteiger partial charge in [0, 0.05) is 29.8 Å². The molecule has 3 nitrogen and oxygen atoms in total. The van der Waals surface area contributed by atoms with Crippen molar-refractivity contribution in [3.8, 4) is 11.1 Å². The van der Waals surface area contributed by atoms with Crippen LogP contribution in [-0.2, 0) is 12.8 Å². The van der Waals surface area contributed by atoms with Crippen LogP contribution in [0, 0.1) is 0 Å². The monoisotopic (exact) mass is 249 g/mol. The Morgan fingerprint density at radius 2 is 2.05 bits per heavy atom. The molecule has 1 aliphatic rings. The van der Waals surface area contributed by atoms with Gasteiger partial charge in [0.25, 0.3) is 0 Å². The van der Waals surface area contributed by atoms with E-state index < -0.39 is 0 Å². The molecule has 0 radical (unpaired) electrons. The highest BCUT2D eigenvalue weighted by Gasteiger charge is 2.16. The summed E-state index contributed by atoms with van der Waals surface area (Å²) < 4.78 is 2.01. The standard InChI is InChI=1S/C16H15N3/c17-16-13-3-1-2-11(13)4-5-14(16)12-6-8-19-9-7-18-15(19)10-12/h4-10H,1-3,17H2. The lowest BCUT2D eigenvalue weighted by molar-refractivity contribution is 0.912. The Balaban J connectivity index is 1.92. The van der Waals surface area contributed by atoms with Gasteiger partial charge in [0.05, 0.1) is 0 Å². The van der Waals surface area contributed by atoms with Crippen molar-refractivity contribution in [2.75, 3.05) is 5.73 Å². The number of nitrogen functional groups attached to an aromatic ring is 1. The van der Waals surface area contributed by atoms with E-state index in [1.54, 1.807) is 0 Å². The summed E-state index contributed by atoms with van der Waals surface area (Å²) in [5.41, 5.74) is 13.3.